The van der Waals surface area contributed by atoms with Crippen molar-refractivity contribution in [1.82, 2.24) is 0 Å². The Bertz CT molecular complexity index is 12.5. The summed E-state index contributed by atoms with van der Waals surface area (Å²) in [7, 11) is 0. The average molecular weight is 561 g/mol. The third kappa shape index (κ3) is 51.4. The van der Waals surface area contributed by atoms with E-state index in [1.54, 1.807) is 0 Å². The van der Waals surface area contributed by atoms with E-state index in [4.69, 9.17) is 0 Å². The Hall–Kier alpha value is 3.92. The minimum Gasteiger partial charge on any atom is -0.153 e. The second-order valence-corrected chi connectivity index (χ2v) is 0. The first-order valence-corrected chi connectivity index (χ1v) is 0. The van der Waals surface area contributed by atoms with Crippen LogP contribution < -0.4 is 0 Å². The van der Waals surface area contributed by atoms with E-state index in [1.165, 1.54) is 0 Å². The molecule has 64 valence electrons. The zero-order valence-corrected chi connectivity index (χ0v) is 16.1. The first kappa shape index (κ1) is 92.5. The van der Waals surface area contributed by atoms with Crippen molar-refractivity contribution in [1.29, 1.82) is 0 Å². The minimum atomic E-state index is 0. The smallest absolute Gasteiger partial charge is 0.107 e. The van der Waals surface area contributed by atoms with Gasteiger partial charge in [-0.25, -0.2) is 0 Å². The van der Waals surface area contributed by atoms with E-state index < -0.39 is 0 Å². The van der Waals surface area contributed by atoms with E-state index in [1.807, 2.05) is 0 Å². The van der Waals surface area contributed by atoms with Crippen molar-refractivity contribution in [3.63, 3.8) is 0 Å². The van der Waals surface area contributed by atoms with E-state index >= 15 is 0 Å². The van der Waals surface area contributed by atoms with Gasteiger partial charge in [-0.2, -0.15) is 19.8 Å². The summed E-state index contributed by atoms with van der Waals surface area (Å²) in [5.41, 5.74) is 0. The summed E-state index contributed by atoms with van der Waals surface area (Å²) >= 11 is 0. The van der Waals surface area contributed by atoms with E-state index in [9.17, 15) is 0 Å². The fraction of sp³-hybridized carbons (Fsp3) is 0. The molecule has 0 heterocycles. The fourth-order valence-corrected chi connectivity index (χ4v) is 0. The van der Waals surface area contributed by atoms with Gasteiger partial charge in [0, 0.05) is 0 Å². The summed E-state index contributed by atoms with van der Waals surface area (Å²) in [4.78, 5) is 0. The van der Waals surface area contributed by atoms with Crippen molar-refractivity contribution in [3.8, 4) is 0 Å². The van der Waals surface area contributed by atoms with Crippen LogP contribution in [0, 0.1) is 0 Å². The number of halogens is 6. The molecule has 0 saturated heterocycles. The standard InChI is InChI=1S/3ClH.3HI.2H3P/h6*1H;2*1H3. The molecule has 0 bridgehead atoms. The number of hydrogen-bond acceptors (Lipinski definition) is 0. The van der Waals surface area contributed by atoms with Gasteiger partial charge in [0.15, 0.2) is 0 Å². The fourth-order valence-electron chi connectivity index (χ4n) is 0. The highest BCUT2D eigenvalue weighted by Crippen LogP contribution is 0.888. The zero-order chi connectivity index (χ0) is 0. The molecule has 2 unspecified atom stereocenters. The molecule has 0 aliphatic carbocycles. The molecular weight excluding hydrogens is 549 g/mol. The Morgan fingerprint density at radius 1 is 0.375 bits per heavy atom. The van der Waals surface area contributed by atoms with Crippen LogP contribution >= 0.6 is 129 Å². The van der Waals surface area contributed by atoms with Gasteiger partial charge in [-0.05, 0) is 0 Å². The summed E-state index contributed by atoms with van der Waals surface area (Å²) in [6.07, 6.45) is 0. The highest BCUT2D eigenvalue weighted by atomic mass is 127. The molecule has 0 nitrogen and oxygen atoms in total. The maximum Gasteiger partial charge on any atom is -0.107 e. The Kier molecular flexibility index (Phi) is 809. The first-order chi connectivity index (χ1) is 0. The van der Waals surface area contributed by atoms with Crippen LogP contribution in [0.4, 0.5) is 0 Å². The molecule has 0 fully saturated rings. The molecule has 0 aliphatic heterocycles. The molecule has 0 radical (unpaired) electrons. The summed E-state index contributed by atoms with van der Waals surface area (Å²) in [6.45, 7) is 0. The third-order valence-electron chi connectivity index (χ3n) is 0. The van der Waals surface area contributed by atoms with E-state index in [0.29, 0.717) is 0 Å². The number of rotatable bonds is 0. The van der Waals surface area contributed by atoms with Gasteiger partial charge in [-0.15, -0.1) is 109 Å². The van der Waals surface area contributed by atoms with Crippen molar-refractivity contribution >= 4 is 129 Å². The Morgan fingerprint density at radius 2 is 0.375 bits per heavy atom. The van der Waals surface area contributed by atoms with Crippen LogP contribution in [0.25, 0.3) is 0 Å². The zero-order valence-electron chi connectivity index (χ0n) is 3.86. The van der Waals surface area contributed by atoms with E-state index in [-0.39, 0.29) is 129 Å². The molecule has 8 heteroatoms. The van der Waals surface area contributed by atoms with Gasteiger partial charge in [-0.1, -0.05) is 0 Å². The lowest BCUT2D eigenvalue weighted by molar-refractivity contribution is 5.85. The van der Waals surface area contributed by atoms with E-state index in [2.05, 4.69) is 0 Å². The molecule has 0 rings (SSSR count). The highest BCUT2D eigenvalue weighted by Gasteiger charge is -0.105. The van der Waals surface area contributed by atoms with Crippen LogP contribution in [-0.2, 0) is 0 Å². The van der Waals surface area contributed by atoms with Crippen LogP contribution in [0.2, 0.25) is 0 Å². The summed E-state index contributed by atoms with van der Waals surface area (Å²) in [6, 6.07) is 0. The lowest BCUT2D eigenvalue weighted by Gasteiger charge is -0.154. The lowest BCUT2D eigenvalue weighted by atomic mass is 31.0. The molecule has 0 N–H and O–H groups in total. The van der Waals surface area contributed by atoms with Crippen molar-refractivity contribution < 1.29 is 0 Å². The third-order valence-corrected chi connectivity index (χ3v) is 0. The monoisotopic (exact) mass is 560 g/mol. The largest absolute Gasteiger partial charge is 0.153 e. The van der Waals surface area contributed by atoms with Gasteiger partial charge in [0.05, 0.1) is 0 Å². The molecule has 0 saturated carbocycles. The normalized spacial score (nSPS) is 0. The van der Waals surface area contributed by atoms with Crippen molar-refractivity contribution in [2.75, 3.05) is 0 Å². The Balaban J connectivity index is 0. The van der Waals surface area contributed by atoms with Gasteiger partial charge in [0.25, 0.3) is 0 Å². The lowest BCUT2D eigenvalue weighted by Crippen LogP contribution is 0.689. The van der Waals surface area contributed by atoms with Gasteiger partial charge in [0.2, 0.25) is 0 Å². The van der Waals surface area contributed by atoms with Crippen LogP contribution in [0.1, 0.15) is 0 Å². The van der Waals surface area contributed by atoms with Gasteiger partial charge >= 0.3 is 0 Å². The van der Waals surface area contributed by atoms with Crippen molar-refractivity contribution in [3.05, 3.63) is 0 Å². The Morgan fingerprint density at radius 3 is 0.375 bits per heavy atom. The molecular formula is H12Cl3I3P2. The second kappa shape index (κ2) is 69.9. The molecule has 0 spiro atoms. The first-order valence-electron chi connectivity index (χ1n) is 0. The molecule has 8 heavy (non-hydrogen) atoms. The van der Waals surface area contributed by atoms with Crippen LogP contribution in [-0.4, -0.2) is 0 Å². The van der Waals surface area contributed by atoms with Gasteiger partial charge < -0.3 is 0 Å². The van der Waals surface area contributed by atoms with Gasteiger partial charge in [-0.3, -0.25) is 0 Å². The summed E-state index contributed by atoms with van der Waals surface area (Å²) < 4.78 is 0. The maximum absolute atomic E-state index is 0. The van der Waals surface area contributed by atoms with Crippen LogP contribution in [0.15, 0.2) is 0 Å². The molecule has 2 atom stereocenters. The Labute approximate surface area is 127 Å². The predicted molar refractivity (Wildman–Crippen MR) is 90.2 cm³/mol. The molecule has 0 aromatic carbocycles. The molecule has 0 aromatic rings. The SMILES string of the molecule is Cl.Cl.Cl.I.I.I.P.P. The maximum atomic E-state index is 0. The van der Waals surface area contributed by atoms with E-state index in [0.717, 1.165) is 0 Å². The second-order valence-electron chi connectivity index (χ2n) is 0. The molecule has 0 aromatic heterocycles. The molecule has 0 amide bonds. The van der Waals surface area contributed by atoms with Crippen LogP contribution in [0.5, 0.6) is 0 Å². The topological polar surface area (TPSA) is 0 Å². The summed E-state index contributed by atoms with van der Waals surface area (Å²) in [5, 5.41) is 0. The summed E-state index contributed by atoms with van der Waals surface area (Å²) in [5.74, 6) is 0. The van der Waals surface area contributed by atoms with Crippen LogP contribution in [0.3, 0.4) is 0 Å². The quantitative estimate of drug-likeness (QED) is 0.315. The average Bonchev–Trinajstić information content (AvgIpc) is 0. The minimum absolute atomic E-state index is 0. The molecule has 0 aliphatic rings. The number of hydrogen-bond donors (Lipinski definition) is 0. The predicted octanol–water partition coefficient (Wildman–Crippen LogP) is 3.24. The van der Waals surface area contributed by atoms with Crippen molar-refractivity contribution in [2.45, 2.75) is 0 Å². The van der Waals surface area contributed by atoms with Gasteiger partial charge in [0.1, 0.15) is 0 Å². The van der Waals surface area contributed by atoms with Crippen molar-refractivity contribution in [2.24, 2.45) is 0 Å². The highest BCUT2D eigenvalue weighted by molar-refractivity contribution is 14.0.